The number of fused-ring (bicyclic) bond motifs is 3. The third-order valence-corrected chi connectivity index (χ3v) is 4.88. The van der Waals surface area contributed by atoms with Gasteiger partial charge in [0.25, 0.3) is 0 Å². The lowest BCUT2D eigenvalue weighted by atomic mass is 9.82. The number of rotatable bonds is 0. The summed E-state index contributed by atoms with van der Waals surface area (Å²) in [6.07, 6.45) is 2.38. The van der Waals surface area contributed by atoms with E-state index in [1.165, 1.54) is 0 Å². The Kier molecular flexibility index (Phi) is 2.79. The maximum Gasteiger partial charge on any atom is 0.170 e. The molecule has 3 heteroatoms. The zero-order chi connectivity index (χ0) is 14.4. The van der Waals surface area contributed by atoms with E-state index >= 15 is 0 Å². The second kappa shape index (κ2) is 4.57. The lowest BCUT2D eigenvalue weighted by molar-refractivity contribution is -0.00250. The topological polar surface area (TPSA) is 29.5 Å². The summed E-state index contributed by atoms with van der Waals surface area (Å²) in [6.45, 7) is 1.99. The summed E-state index contributed by atoms with van der Waals surface area (Å²) < 4.78 is 6.44. The van der Waals surface area contributed by atoms with E-state index in [4.69, 9.17) is 4.74 Å². The van der Waals surface area contributed by atoms with Crippen molar-refractivity contribution in [1.29, 1.82) is 0 Å². The first kappa shape index (κ1) is 12.8. The highest BCUT2D eigenvalue weighted by Gasteiger charge is 2.42. The van der Waals surface area contributed by atoms with Crippen molar-refractivity contribution in [3.63, 3.8) is 0 Å². The summed E-state index contributed by atoms with van der Waals surface area (Å²) in [4.78, 5) is 14.9. The molecule has 2 aromatic rings. The average Bonchev–Trinajstić information content (AvgIpc) is 2.50. The molecule has 0 amide bonds. The fourth-order valence-corrected chi connectivity index (χ4v) is 3.52. The Labute approximate surface area is 124 Å². The van der Waals surface area contributed by atoms with Crippen LogP contribution in [-0.2, 0) is 0 Å². The van der Waals surface area contributed by atoms with Crippen LogP contribution in [0.15, 0.2) is 36.4 Å². The first-order valence-electron chi connectivity index (χ1n) is 7.59. The van der Waals surface area contributed by atoms with Gasteiger partial charge in [0.1, 0.15) is 11.4 Å². The Bertz CT molecular complexity index is 714. The van der Waals surface area contributed by atoms with Crippen LogP contribution in [0.3, 0.4) is 0 Å². The van der Waals surface area contributed by atoms with Crippen molar-refractivity contribution in [1.82, 2.24) is 4.90 Å². The van der Waals surface area contributed by atoms with Crippen molar-refractivity contribution in [2.45, 2.75) is 24.9 Å². The summed E-state index contributed by atoms with van der Waals surface area (Å²) >= 11 is 0. The summed E-state index contributed by atoms with van der Waals surface area (Å²) in [6, 6.07) is 12.1. The van der Waals surface area contributed by atoms with E-state index in [1.807, 2.05) is 24.3 Å². The van der Waals surface area contributed by atoms with Gasteiger partial charge >= 0.3 is 0 Å². The van der Waals surface area contributed by atoms with E-state index in [-0.39, 0.29) is 11.4 Å². The standard InChI is InChI=1S/C18H19NO2/c1-19-10-8-18(9-11-19)12-16(20)15-7-6-13-4-2-3-5-14(13)17(15)21-18/h2-7H,8-12H2,1H3. The summed E-state index contributed by atoms with van der Waals surface area (Å²) in [5.41, 5.74) is 0.457. The van der Waals surface area contributed by atoms with Crippen LogP contribution in [0, 0.1) is 0 Å². The minimum Gasteiger partial charge on any atom is -0.485 e. The molecule has 0 N–H and O–H groups in total. The predicted molar refractivity (Wildman–Crippen MR) is 83.0 cm³/mol. The number of benzene rings is 2. The maximum absolute atomic E-state index is 12.6. The fraction of sp³-hybridized carbons (Fsp3) is 0.389. The molecule has 2 aromatic carbocycles. The van der Waals surface area contributed by atoms with Crippen LogP contribution in [0.2, 0.25) is 0 Å². The minimum absolute atomic E-state index is 0.228. The average molecular weight is 281 g/mol. The van der Waals surface area contributed by atoms with Gasteiger partial charge in [0.15, 0.2) is 5.78 Å². The Morgan fingerprint density at radius 3 is 2.67 bits per heavy atom. The van der Waals surface area contributed by atoms with Crippen LogP contribution >= 0.6 is 0 Å². The zero-order valence-electron chi connectivity index (χ0n) is 12.3. The number of carbonyl (C=O) groups excluding carboxylic acids is 1. The van der Waals surface area contributed by atoms with Gasteiger partial charge in [-0.3, -0.25) is 4.79 Å². The number of hydrogen-bond acceptors (Lipinski definition) is 3. The molecule has 0 aromatic heterocycles. The largest absolute Gasteiger partial charge is 0.485 e. The van der Waals surface area contributed by atoms with Gasteiger partial charge in [-0.1, -0.05) is 30.3 Å². The molecule has 0 saturated carbocycles. The van der Waals surface area contributed by atoms with Gasteiger partial charge in [0, 0.05) is 31.3 Å². The van der Waals surface area contributed by atoms with Crippen LogP contribution in [-0.4, -0.2) is 36.4 Å². The van der Waals surface area contributed by atoms with Crippen LogP contribution in [0.25, 0.3) is 10.8 Å². The highest BCUT2D eigenvalue weighted by Crippen LogP contribution is 2.42. The van der Waals surface area contributed by atoms with Gasteiger partial charge in [0.05, 0.1) is 12.0 Å². The number of likely N-dealkylation sites (tertiary alicyclic amines) is 1. The molecule has 0 unspecified atom stereocenters. The molecule has 0 atom stereocenters. The first-order chi connectivity index (χ1) is 10.2. The Morgan fingerprint density at radius 1 is 1.10 bits per heavy atom. The fourth-order valence-electron chi connectivity index (χ4n) is 3.52. The smallest absolute Gasteiger partial charge is 0.170 e. The van der Waals surface area contributed by atoms with Gasteiger partial charge < -0.3 is 9.64 Å². The molecule has 0 radical (unpaired) electrons. The van der Waals surface area contributed by atoms with E-state index in [2.05, 4.69) is 24.1 Å². The van der Waals surface area contributed by atoms with E-state index in [0.717, 1.165) is 48.0 Å². The van der Waals surface area contributed by atoms with Gasteiger partial charge in [-0.05, 0) is 18.5 Å². The normalized spacial score (nSPS) is 21.3. The van der Waals surface area contributed by atoms with Gasteiger partial charge in [-0.2, -0.15) is 0 Å². The number of piperidine rings is 1. The van der Waals surface area contributed by atoms with Crippen LogP contribution < -0.4 is 4.74 Å². The highest BCUT2D eigenvalue weighted by atomic mass is 16.5. The number of ether oxygens (including phenoxy) is 1. The van der Waals surface area contributed by atoms with E-state index in [9.17, 15) is 4.79 Å². The highest BCUT2D eigenvalue weighted by molar-refractivity contribution is 6.06. The molecular formula is C18H19NO2. The number of Topliss-reactive ketones (excluding diaryl/α,β-unsaturated/α-hetero) is 1. The number of carbonyl (C=O) groups is 1. The molecule has 2 aliphatic heterocycles. The molecule has 2 heterocycles. The van der Waals surface area contributed by atoms with Crippen molar-refractivity contribution in [3.8, 4) is 5.75 Å². The SMILES string of the molecule is CN1CCC2(CC1)CC(=O)c1ccc3ccccc3c1O2. The minimum atomic E-state index is -0.291. The van der Waals surface area contributed by atoms with E-state index in [1.54, 1.807) is 0 Å². The van der Waals surface area contributed by atoms with Gasteiger partial charge in [0.2, 0.25) is 0 Å². The molecular weight excluding hydrogens is 262 g/mol. The zero-order valence-corrected chi connectivity index (χ0v) is 12.3. The molecule has 0 aliphatic carbocycles. The lowest BCUT2D eigenvalue weighted by Crippen LogP contribution is -2.50. The summed E-state index contributed by atoms with van der Waals surface area (Å²) in [5, 5.41) is 2.19. The van der Waals surface area contributed by atoms with Crippen molar-refractivity contribution in [3.05, 3.63) is 42.0 Å². The number of nitrogens with zero attached hydrogens (tertiary/aromatic N) is 1. The summed E-state index contributed by atoms with van der Waals surface area (Å²) in [5.74, 6) is 1.03. The van der Waals surface area contributed by atoms with E-state index < -0.39 is 0 Å². The second-order valence-electron chi connectivity index (χ2n) is 6.35. The number of hydrogen-bond donors (Lipinski definition) is 0. The van der Waals surface area contributed by atoms with Crippen molar-refractivity contribution in [2.24, 2.45) is 0 Å². The molecule has 3 nitrogen and oxygen atoms in total. The quantitative estimate of drug-likeness (QED) is 0.742. The van der Waals surface area contributed by atoms with Crippen molar-refractivity contribution < 1.29 is 9.53 Å². The molecule has 1 spiro atoms. The third-order valence-electron chi connectivity index (χ3n) is 4.88. The predicted octanol–water partition coefficient (Wildman–Crippen LogP) is 3.27. The van der Waals surface area contributed by atoms with Crippen LogP contribution in [0.4, 0.5) is 0 Å². The maximum atomic E-state index is 12.6. The molecule has 2 aliphatic rings. The van der Waals surface area contributed by atoms with Crippen molar-refractivity contribution in [2.75, 3.05) is 20.1 Å². The van der Waals surface area contributed by atoms with Gasteiger partial charge in [-0.25, -0.2) is 0 Å². The van der Waals surface area contributed by atoms with Crippen LogP contribution in [0.5, 0.6) is 5.75 Å². The Hall–Kier alpha value is -1.87. The Morgan fingerprint density at radius 2 is 1.86 bits per heavy atom. The molecule has 21 heavy (non-hydrogen) atoms. The van der Waals surface area contributed by atoms with Crippen LogP contribution in [0.1, 0.15) is 29.6 Å². The lowest BCUT2D eigenvalue weighted by Gasteiger charge is -2.43. The summed E-state index contributed by atoms with van der Waals surface area (Å²) in [7, 11) is 2.13. The molecule has 108 valence electrons. The second-order valence-corrected chi connectivity index (χ2v) is 6.35. The first-order valence-corrected chi connectivity index (χ1v) is 7.59. The molecule has 0 bridgehead atoms. The van der Waals surface area contributed by atoms with Gasteiger partial charge in [-0.15, -0.1) is 0 Å². The van der Waals surface area contributed by atoms with E-state index in [0.29, 0.717) is 6.42 Å². The number of ketones is 1. The molecule has 1 fully saturated rings. The third kappa shape index (κ3) is 2.04. The molecule has 4 rings (SSSR count). The Balaban J connectivity index is 1.83. The monoisotopic (exact) mass is 281 g/mol. The molecule has 1 saturated heterocycles. The van der Waals surface area contributed by atoms with Crippen molar-refractivity contribution >= 4 is 16.6 Å².